The number of rotatable bonds is 6. The van der Waals surface area contributed by atoms with Gasteiger partial charge in [0.2, 0.25) is 5.95 Å². The van der Waals surface area contributed by atoms with E-state index >= 15 is 0 Å². The molecule has 1 saturated heterocycles. The van der Waals surface area contributed by atoms with Crippen LogP contribution in [0.25, 0.3) is 0 Å². The van der Waals surface area contributed by atoms with Gasteiger partial charge < -0.3 is 24.8 Å². The lowest BCUT2D eigenvalue weighted by Crippen LogP contribution is -2.40. The molecule has 2 N–H and O–H groups in total. The minimum absolute atomic E-state index is 0.103. The van der Waals surface area contributed by atoms with Gasteiger partial charge in [-0.05, 0) is 25.3 Å². The molecule has 140 valence electrons. The fraction of sp³-hybridized carbons (Fsp3) is 0.611. The highest BCUT2D eigenvalue weighted by atomic mass is 16.5. The predicted molar refractivity (Wildman–Crippen MR) is 98.4 cm³/mol. The Morgan fingerprint density at radius 1 is 1.31 bits per heavy atom. The summed E-state index contributed by atoms with van der Waals surface area (Å²) in [7, 11) is 3.59. The van der Waals surface area contributed by atoms with Crippen LogP contribution in [0.3, 0.4) is 0 Å². The number of nitrogens with one attached hydrogen (secondary N) is 2. The Balaban J connectivity index is 1.42. The van der Waals surface area contributed by atoms with E-state index in [9.17, 15) is 0 Å². The molecule has 2 aliphatic rings. The van der Waals surface area contributed by atoms with Gasteiger partial charge >= 0.3 is 0 Å². The molecule has 2 aromatic rings. The number of nitrogens with zero attached hydrogens (tertiary/aromatic N) is 4. The first-order valence-electron chi connectivity index (χ1n) is 9.26. The second-order valence-corrected chi connectivity index (χ2v) is 6.89. The van der Waals surface area contributed by atoms with E-state index in [2.05, 4.69) is 30.7 Å². The van der Waals surface area contributed by atoms with Crippen molar-refractivity contribution in [1.82, 2.24) is 20.4 Å². The maximum Gasteiger partial charge on any atom is 0.224 e. The molecule has 0 spiro atoms. The molecule has 0 bridgehead atoms. The summed E-state index contributed by atoms with van der Waals surface area (Å²) in [6, 6.07) is 2.15. The van der Waals surface area contributed by atoms with Crippen molar-refractivity contribution in [2.75, 3.05) is 37.5 Å². The fourth-order valence-electron chi connectivity index (χ4n) is 3.86. The molecule has 1 aliphatic carbocycles. The van der Waals surface area contributed by atoms with Gasteiger partial charge in [-0.25, -0.2) is 4.98 Å². The summed E-state index contributed by atoms with van der Waals surface area (Å²) in [6.45, 7) is 2.34. The molecule has 2 atom stereocenters. The lowest BCUT2D eigenvalue weighted by Gasteiger charge is -2.18. The molecule has 3 heterocycles. The highest BCUT2D eigenvalue weighted by molar-refractivity contribution is 5.44. The highest BCUT2D eigenvalue weighted by Gasteiger charge is 2.34. The maximum atomic E-state index is 5.71. The van der Waals surface area contributed by atoms with Gasteiger partial charge in [-0.2, -0.15) is 4.98 Å². The lowest BCUT2D eigenvalue weighted by atomic mass is 9.96. The van der Waals surface area contributed by atoms with E-state index in [0.717, 1.165) is 43.2 Å². The summed E-state index contributed by atoms with van der Waals surface area (Å²) in [4.78, 5) is 10.9. The number of aromatic nitrogens is 3. The number of methoxy groups -OCH3 is 1. The monoisotopic (exact) mass is 358 g/mol. The third-order valence-corrected chi connectivity index (χ3v) is 5.32. The zero-order valence-corrected chi connectivity index (χ0v) is 15.4. The van der Waals surface area contributed by atoms with Crippen LogP contribution in [0.5, 0.6) is 0 Å². The van der Waals surface area contributed by atoms with Crippen LogP contribution in [0.15, 0.2) is 16.8 Å². The molecule has 4 rings (SSSR count). The van der Waals surface area contributed by atoms with E-state index < -0.39 is 0 Å². The van der Waals surface area contributed by atoms with Crippen molar-refractivity contribution in [2.24, 2.45) is 0 Å². The number of anilines is 2. The number of hydrogen-bond acceptors (Lipinski definition) is 8. The largest absolute Gasteiger partial charge is 0.378 e. The van der Waals surface area contributed by atoms with Crippen molar-refractivity contribution in [3.05, 3.63) is 29.3 Å². The van der Waals surface area contributed by atoms with Gasteiger partial charge in [0.1, 0.15) is 17.3 Å². The second-order valence-electron chi connectivity index (χ2n) is 6.89. The highest BCUT2D eigenvalue weighted by Crippen LogP contribution is 2.25. The zero-order chi connectivity index (χ0) is 17.9. The number of ether oxygens (including phenoxy) is 1. The van der Waals surface area contributed by atoms with E-state index in [0.29, 0.717) is 12.5 Å². The third kappa shape index (κ3) is 3.39. The van der Waals surface area contributed by atoms with Crippen LogP contribution in [-0.4, -0.2) is 54.5 Å². The average Bonchev–Trinajstić information content (AvgIpc) is 3.30. The Hall–Kier alpha value is -2.19. The van der Waals surface area contributed by atoms with Crippen LogP contribution in [0.2, 0.25) is 0 Å². The van der Waals surface area contributed by atoms with E-state index in [1.54, 1.807) is 13.3 Å². The molecule has 0 aromatic carbocycles. The van der Waals surface area contributed by atoms with Gasteiger partial charge in [-0.3, -0.25) is 0 Å². The minimum atomic E-state index is 0.103. The SMILES string of the molecule is CNc1nccc(N2C[C@H](OC)[C@H](NCc3noc4c3CCCC4)C2)n1. The Morgan fingerprint density at radius 2 is 2.19 bits per heavy atom. The molecule has 1 fully saturated rings. The first-order chi connectivity index (χ1) is 12.8. The van der Waals surface area contributed by atoms with Crippen molar-refractivity contribution in [3.63, 3.8) is 0 Å². The lowest BCUT2D eigenvalue weighted by molar-refractivity contribution is 0.0964. The zero-order valence-electron chi connectivity index (χ0n) is 15.4. The van der Waals surface area contributed by atoms with Crippen LogP contribution < -0.4 is 15.5 Å². The molecule has 2 aromatic heterocycles. The summed E-state index contributed by atoms with van der Waals surface area (Å²) < 4.78 is 11.2. The average molecular weight is 358 g/mol. The number of fused-ring (bicyclic) bond motifs is 1. The first-order valence-corrected chi connectivity index (χ1v) is 9.26. The van der Waals surface area contributed by atoms with Crippen LogP contribution in [-0.2, 0) is 24.1 Å². The van der Waals surface area contributed by atoms with Gasteiger partial charge in [-0.15, -0.1) is 0 Å². The summed E-state index contributed by atoms with van der Waals surface area (Å²) >= 11 is 0. The quantitative estimate of drug-likeness (QED) is 0.801. The molecule has 0 radical (unpaired) electrons. The molecule has 0 amide bonds. The number of aryl methyl sites for hydroxylation is 1. The standard InChI is InChI=1S/C18H26N6O2/c1-19-18-20-8-7-17(22-18)24-10-14(16(11-24)25-2)21-9-13-12-5-3-4-6-15(12)26-23-13/h7-8,14,16,21H,3-6,9-11H2,1-2H3,(H,19,20,22)/t14-,16+/m1/s1. The van der Waals surface area contributed by atoms with Crippen molar-refractivity contribution >= 4 is 11.8 Å². The van der Waals surface area contributed by atoms with E-state index in [-0.39, 0.29) is 12.1 Å². The van der Waals surface area contributed by atoms with Crippen LogP contribution in [0, 0.1) is 0 Å². The summed E-state index contributed by atoms with van der Waals surface area (Å²) in [5, 5.41) is 10.9. The Bertz CT molecular complexity index is 749. The molecule has 8 heteroatoms. The van der Waals surface area contributed by atoms with Crippen molar-refractivity contribution < 1.29 is 9.26 Å². The summed E-state index contributed by atoms with van der Waals surface area (Å²) in [5.74, 6) is 2.61. The minimum Gasteiger partial charge on any atom is -0.378 e. The molecule has 8 nitrogen and oxygen atoms in total. The third-order valence-electron chi connectivity index (χ3n) is 5.32. The van der Waals surface area contributed by atoms with E-state index in [4.69, 9.17) is 9.26 Å². The first kappa shape index (κ1) is 17.2. The second kappa shape index (κ2) is 7.59. The van der Waals surface area contributed by atoms with Gasteiger partial charge in [-0.1, -0.05) is 5.16 Å². The van der Waals surface area contributed by atoms with E-state index in [1.807, 2.05) is 13.1 Å². The van der Waals surface area contributed by atoms with E-state index in [1.165, 1.54) is 18.4 Å². The van der Waals surface area contributed by atoms with Gasteiger partial charge in [0, 0.05) is 52.0 Å². The van der Waals surface area contributed by atoms with Crippen molar-refractivity contribution in [1.29, 1.82) is 0 Å². The molecule has 0 saturated carbocycles. The van der Waals surface area contributed by atoms with Crippen LogP contribution in [0.1, 0.15) is 29.9 Å². The molecular formula is C18H26N6O2. The molecule has 26 heavy (non-hydrogen) atoms. The van der Waals surface area contributed by atoms with Crippen LogP contribution >= 0.6 is 0 Å². The number of hydrogen-bond donors (Lipinski definition) is 2. The molecule has 1 aliphatic heterocycles. The summed E-state index contributed by atoms with van der Waals surface area (Å²) in [6.07, 6.45) is 6.39. The summed E-state index contributed by atoms with van der Waals surface area (Å²) in [5.41, 5.74) is 2.36. The van der Waals surface area contributed by atoms with Gasteiger partial charge in [0.05, 0.1) is 12.1 Å². The fourth-order valence-corrected chi connectivity index (χ4v) is 3.86. The smallest absolute Gasteiger partial charge is 0.224 e. The van der Waals surface area contributed by atoms with Gasteiger partial charge in [0.15, 0.2) is 0 Å². The van der Waals surface area contributed by atoms with Crippen molar-refractivity contribution in [3.8, 4) is 0 Å². The topological polar surface area (TPSA) is 88.3 Å². The Kier molecular flexibility index (Phi) is 5.03. The Labute approximate surface area is 153 Å². The Morgan fingerprint density at radius 3 is 3.04 bits per heavy atom. The van der Waals surface area contributed by atoms with Crippen LogP contribution in [0.4, 0.5) is 11.8 Å². The predicted octanol–water partition coefficient (Wildman–Crippen LogP) is 1.38. The molecular weight excluding hydrogens is 332 g/mol. The maximum absolute atomic E-state index is 5.71. The molecule has 0 unspecified atom stereocenters. The van der Waals surface area contributed by atoms with Gasteiger partial charge in [0.25, 0.3) is 0 Å². The van der Waals surface area contributed by atoms with Crippen molar-refractivity contribution in [2.45, 2.75) is 44.4 Å². The normalized spacial score (nSPS) is 22.5.